The molecule has 0 unspecified atom stereocenters. The number of hydrogen-bond donors (Lipinski definition) is 1. The molecule has 0 saturated heterocycles. The van der Waals surface area contributed by atoms with Crippen molar-refractivity contribution >= 4 is 11.6 Å². The van der Waals surface area contributed by atoms with E-state index in [0.29, 0.717) is 36.0 Å². The lowest BCUT2D eigenvalue weighted by atomic mass is 10.1. The Kier molecular flexibility index (Phi) is 7.67. The highest BCUT2D eigenvalue weighted by Crippen LogP contribution is 2.25. The first-order valence-electron chi connectivity index (χ1n) is 10.1. The first-order valence-corrected chi connectivity index (χ1v) is 10.1. The van der Waals surface area contributed by atoms with Crippen molar-refractivity contribution in [3.8, 4) is 11.5 Å². The van der Waals surface area contributed by atoms with Crippen LogP contribution in [0.25, 0.3) is 0 Å². The van der Waals surface area contributed by atoms with Crippen LogP contribution in [0.4, 0.5) is 5.69 Å². The van der Waals surface area contributed by atoms with E-state index in [0.717, 1.165) is 18.4 Å². The Bertz CT molecular complexity index is 965. The number of benzene rings is 3. The Balaban J connectivity index is 1.54. The summed E-state index contributed by atoms with van der Waals surface area (Å²) in [7, 11) is 0. The number of ether oxygens (including phenoxy) is 2. The predicted octanol–water partition coefficient (Wildman–Crippen LogP) is 5.91. The van der Waals surface area contributed by atoms with Crippen LogP contribution in [0.5, 0.6) is 11.5 Å². The molecule has 0 fully saturated rings. The van der Waals surface area contributed by atoms with Gasteiger partial charge in [-0.15, -0.1) is 0 Å². The monoisotopic (exact) mass is 401 g/mol. The van der Waals surface area contributed by atoms with Gasteiger partial charge in [-0.2, -0.15) is 0 Å². The molecule has 0 aliphatic heterocycles. The summed E-state index contributed by atoms with van der Waals surface area (Å²) in [6.45, 7) is 6.76. The summed E-state index contributed by atoms with van der Waals surface area (Å²) in [4.78, 5) is 12.6. The molecule has 3 aromatic rings. The summed E-state index contributed by atoms with van der Waals surface area (Å²) in [6, 6.07) is 24.9. The van der Waals surface area contributed by atoms with Crippen LogP contribution in [0.15, 0.2) is 91.0 Å². The molecular formula is C26H27NO3. The number of anilines is 1. The maximum Gasteiger partial charge on any atom is 0.255 e. The molecule has 0 spiro atoms. The maximum absolute atomic E-state index is 12.6. The van der Waals surface area contributed by atoms with Crippen molar-refractivity contribution in [2.75, 3.05) is 18.5 Å². The topological polar surface area (TPSA) is 47.6 Å². The smallest absolute Gasteiger partial charge is 0.255 e. The van der Waals surface area contributed by atoms with Crippen LogP contribution in [0.3, 0.4) is 0 Å². The van der Waals surface area contributed by atoms with Crippen molar-refractivity contribution in [2.24, 2.45) is 0 Å². The van der Waals surface area contributed by atoms with Gasteiger partial charge in [-0.1, -0.05) is 49.0 Å². The van der Waals surface area contributed by atoms with Crippen LogP contribution in [0.1, 0.15) is 29.3 Å². The Morgan fingerprint density at radius 1 is 0.900 bits per heavy atom. The molecule has 0 aliphatic carbocycles. The van der Waals surface area contributed by atoms with Crippen molar-refractivity contribution in [1.29, 1.82) is 0 Å². The maximum atomic E-state index is 12.6. The highest BCUT2D eigenvalue weighted by molar-refractivity contribution is 6.05. The van der Waals surface area contributed by atoms with Gasteiger partial charge in [0.1, 0.15) is 18.1 Å². The van der Waals surface area contributed by atoms with Crippen LogP contribution < -0.4 is 14.8 Å². The van der Waals surface area contributed by atoms with Crippen LogP contribution >= 0.6 is 0 Å². The van der Waals surface area contributed by atoms with Gasteiger partial charge < -0.3 is 14.8 Å². The van der Waals surface area contributed by atoms with Gasteiger partial charge in [0.25, 0.3) is 5.91 Å². The van der Waals surface area contributed by atoms with Crippen molar-refractivity contribution in [3.63, 3.8) is 0 Å². The summed E-state index contributed by atoms with van der Waals surface area (Å²) < 4.78 is 11.5. The fourth-order valence-electron chi connectivity index (χ4n) is 2.90. The van der Waals surface area contributed by atoms with E-state index in [2.05, 4.69) is 24.0 Å². The summed E-state index contributed by atoms with van der Waals surface area (Å²) in [6.07, 6.45) is 1.85. The lowest BCUT2D eigenvalue weighted by Crippen LogP contribution is -2.13. The van der Waals surface area contributed by atoms with E-state index in [1.807, 2.05) is 49.4 Å². The second-order valence-corrected chi connectivity index (χ2v) is 7.16. The number of hydrogen-bond acceptors (Lipinski definition) is 3. The molecule has 3 aromatic carbocycles. The van der Waals surface area contributed by atoms with Crippen LogP contribution in [-0.2, 0) is 6.42 Å². The number of nitrogens with one attached hydrogen (secondary N) is 1. The van der Waals surface area contributed by atoms with Gasteiger partial charge in [0.2, 0.25) is 0 Å². The largest absolute Gasteiger partial charge is 0.491 e. The van der Waals surface area contributed by atoms with Gasteiger partial charge >= 0.3 is 0 Å². The zero-order chi connectivity index (χ0) is 21.2. The van der Waals surface area contributed by atoms with E-state index in [1.165, 1.54) is 5.56 Å². The fourth-order valence-corrected chi connectivity index (χ4v) is 2.90. The molecule has 3 rings (SSSR count). The Hall–Kier alpha value is -3.53. The highest BCUT2D eigenvalue weighted by Gasteiger charge is 2.10. The SMILES string of the molecule is C=C(C)COc1ccc(C(=O)Nc2ccccc2OCCCc2ccccc2)cc1. The van der Waals surface area contributed by atoms with E-state index >= 15 is 0 Å². The van der Waals surface area contributed by atoms with E-state index < -0.39 is 0 Å². The number of carbonyl (C=O) groups is 1. The Labute approximate surface area is 178 Å². The molecule has 4 nitrogen and oxygen atoms in total. The Morgan fingerprint density at radius 2 is 1.60 bits per heavy atom. The molecule has 1 N–H and O–H groups in total. The third-order valence-electron chi connectivity index (χ3n) is 4.45. The molecule has 0 aromatic heterocycles. The zero-order valence-corrected chi connectivity index (χ0v) is 17.3. The fraction of sp³-hybridized carbons (Fsp3) is 0.192. The lowest BCUT2D eigenvalue weighted by Gasteiger charge is -2.13. The molecule has 0 radical (unpaired) electrons. The van der Waals surface area contributed by atoms with Crippen LogP contribution in [-0.4, -0.2) is 19.1 Å². The number of carbonyl (C=O) groups excluding carboxylic acids is 1. The normalized spacial score (nSPS) is 10.3. The molecule has 4 heteroatoms. The minimum Gasteiger partial charge on any atom is -0.491 e. The molecule has 0 saturated carbocycles. The second-order valence-electron chi connectivity index (χ2n) is 7.16. The number of amides is 1. The average molecular weight is 402 g/mol. The molecule has 0 bridgehead atoms. The predicted molar refractivity (Wildman–Crippen MR) is 121 cm³/mol. The third kappa shape index (κ3) is 6.52. The van der Waals surface area contributed by atoms with Gasteiger partial charge in [-0.3, -0.25) is 4.79 Å². The molecular weight excluding hydrogens is 374 g/mol. The Morgan fingerprint density at radius 3 is 2.33 bits per heavy atom. The van der Waals surface area contributed by atoms with Crippen LogP contribution in [0, 0.1) is 0 Å². The molecule has 1 amide bonds. The van der Waals surface area contributed by atoms with Crippen molar-refractivity contribution in [2.45, 2.75) is 19.8 Å². The van der Waals surface area contributed by atoms with Crippen molar-refractivity contribution < 1.29 is 14.3 Å². The standard InChI is InChI=1S/C26H27NO3/c1-20(2)19-30-23-16-14-22(15-17-23)26(28)27-24-12-6-7-13-25(24)29-18-8-11-21-9-4-3-5-10-21/h3-7,9-10,12-17H,1,8,11,18-19H2,2H3,(H,27,28). The van der Waals surface area contributed by atoms with Crippen molar-refractivity contribution in [3.05, 3.63) is 102 Å². The zero-order valence-electron chi connectivity index (χ0n) is 17.3. The van der Waals surface area contributed by atoms with Gasteiger partial charge in [0.15, 0.2) is 0 Å². The van der Waals surface area contributed by atoms with E-state index in [9.17, 15) is 4.79 Å². The minimum absolute atomic E-state index is 0.193. The number of aryl methyl sites for hydroxylation is 1. The van der Waals surface area contributed by atoms with Crippen molar-refractivity contribution in [1.82, 2.24) is 0 Å². The van der Waals surface area contributed by atoms with Gasteiger partial charge in [-0.25, -0.2) is 0 Å². The third-order valence-corrected chi connectivity index (χ3v) is 4.45. The average Bonchev–Trinajstić information content (AvgIpc) is 2.77. The van der Waals surface area contributed by atoms with E-state index in [1.54, 1.807) is 24.3 Å². The summed E-state index contributed by atoms with van der Waals surface area (Å²) in [5.74, 6) is 1.18. The van der Waals surface area contributed by atoms with Gasteiger partial charge in [0.05, 0.1) is 12.3 Å². The second kappa shape index (κ2) is 10.9. The molecule has 0 atom stereocenters. The molecule has 0 heterocycles. The quantitative estimate of drug-likeness (QED) is 0.340. The highest BCUT2D eigenvalue weighted by atomic mass is 16.5. The van der Waals surface area contributed by atoms with Crippen LogP contribution in [0.2, 0.25) is 0 Å². The van der Waals surface area contributed by atoms with E-state index in [-0.39, 0.29) is 5.91 Å². The summed E-state index contributed by atoms with van der Waals surface area (Å²) in [5.41, 5.74) is 3.44. The summed E-state index contributed by atoms with van der Waals surface area (Å²) >= 11 is 0. The molecule has 30 heavy (non-hydrogen) atoms. The lowest BCUT2D eigenvalue weighted by molar-refractivity contribution is 0.102. The first-order chi connectivity index (χ1) is 14.6. The van der Waals surface area contributed by atoms with Gasteiger partial charge in [0, 0.05) is 5.56 Å². The minimum atomic E-state index is -0.193. The first kappa shape index (κ1) is 21.2. The number of para-hydroxylation sites is 2. The molecule has 154 valence electrons. The number of rotatable bonds is 10. The van der Waals surface area contributed by atoms with E-state index in [4.69, 9.17) is 9.47 Å². The molecule has 0 aliphatic rings. The van der Waals surface area contributed by atoms with Gasteiger partial charge in [-0.05, 0) is 67.3 Å². The summed E-state index contributed by atoms with van der Waals surface area (Å²) in [5, 5.41) is 2.94.